The summed E-state index contributed by atoms with van der Waals surface area (Å²) in [5, 5.41) is 0. The third-order valence-corrected chi connectivity index (χ3v) is 4.58. The van der Waals surface area contributed by atoms with E-state index in [1.807, 2.05) is 0 Å². The van der Waals surface area contributed by atoms with Crippen LogP contribution in [0.5, 0.6) is 0 Å². The summed E-state index contributed by atoms with van der Waals surface area (Å²) in [5.74, 6) is 0.128. The fourth-order valence-electron chi connectivity index (χ4n) is 3.13. The summed E-state index contributed by atoms with van der Waals surface area (Å²) in [5.41, 5.74) is 0. The van der Waals surface area contributed by atoms with E-state index in [9.17, 15) is 4.79 Å². The predicted octanol–water partition coefficient (Wildman–Crippen LogP) is 6.67. The SMILES string of the molecule is CCCCCCCCCCCCCCC(CCC)C(=O)OC. The molecule has 2 nitrogen and oxygen atoms in total. The second kappa shape index (κ2) is 16.8. The predicted molar refractivity (Wildman–Crippen MR) is 96.1 cm³/mol. The van der Waals surface area contributed by atoms with Crippen molar-refractivity contribution in [3.8, 4) is 0 Å². The number of ether oxygens (including phenoxy) is 1. The van der Waals surface area contributed by atoms with Gasteiger partial charge in [-0.15, -0.1) is 0 Å². The molecule has 0 spiro atoms. The second-order valence-corrected chi connectivity index (χ2v) is 6.69. The molecule has 1 unspecified atom stereocenters. The van der Waals surface area contributed by atoms with Crippen LogP contribution in [0.1, 0.15) is 110 Å². The van der Waals surface area contributed by atoms with Crippen molar-refractivity contribution in [2.24, 2.45) is 5.92 Å². The van der Waals surface area contributed by atoms with Crippen LogP contribution in [-0.2, 0) is 9.53 Å². The highest BCUT2D eigenvalue weighted by Crippen LogP contribution is 2.18. The van der Waals surface area contributed by atoms with Crippen LogP contribution in [0.4, 0.5) is 0 Å². The van der Waals surface area contributed by atoms with Crippen LogP contribution in [-0.4, -0.2) is 13.1 Å². The molecule has 0 aliphatic heterocycles. The van der Waals surface area contributed by atoms with E-state index in [0.29, 0.717) is 0 Å². The number of methoxy groups -OCH3 is 1. The standard InChI is InChI=1S/C20H40O2/c1-4-6-7-8-9-10-11-12-13-14-15-16-18-19(17-5-2)20(21)22-3/h19H,4-18H2,1-3H3. The average Bonchev–Trinajstić information content (AvgIpc) is 2.54. The lowest BCUT2D eigenvalue weighted by Crippen LogP contribution is -2.15. The maximum absolute atomic E-state index is 11.6. The van der Waals surface area contributed by atoms with Crippen LogP contribution in [0.15, 0.2) is 0 Å². The lowest BCUT2D eigenvalue weighted by molar-refractivity contribution is -0.146. The van der Waals surface area contributed by atoms with Crippen molar-refractivity contribution in [1.29, 1.82) is 0 Å². The largest absolute Gasteiger partial charge is 0.469 e. The number of unbranched alkanes of at least 4 members (excludes halogenated alkanes) is 11. The van der Waals surface area contributed by atoms with Crippen molar-refractivity contribution in [2.45, 2.75) is 110 Å². The molecule has 0 amide bonds. The van der Waals surface area contributed by atoms with Gasteiger partial charge >= 0.3 is 5.97 Å². The molecule has 0 aromatic rings. The minimum Gasteiger partial charge on any atom is -0.469 e. The topological polar surface area (TPSA) is 26.3 Å². The van der Waals surface area contributed by atoms with E-state index < -0.39 is 0 Å². The van der Waals surface area contributed by atoms with E-state index >= 15 is 0 Å². The van der Waals surface area contributed by atoms with Gasteiger partial charge in [0.05, 0.1) is 13.0 Å². The summed E-state index contributed by atoms with van der Waals surface area (Å²) in [6.07, 6.45) is 19.5. The molecule has 132 valence electrons. The highest BCUT2D eigenvalue weighted by molar-refractivity contribution is 5.72. The minimum absolute atomic E-state index is 0.00933. The summed E-state index contributed by atoms with van der Waals surface area (Å²) in [4.78, 5) is 11.6. The molecule has 0 saturated heterocycles. The van der Waals surface area contributed by atoms with Gasteiger partial charge in [0.15, 0.2) is 0 Å². The van der Waals surface area contributed by atoms with Gasteiger partial charge in [-0.1, -0.05) is 97.3 Å². The van der Waals surface area contributed by atoms with Crippen molar-refractivity contribution in [2.75, 3.05) is 7.11 Å². The van der Waals surface area contributed by atoms with Crippen LogP contribution in [0.2, 0.25) is 0 Å². The lowest BCUT2D eigenvalue weighted by atomic mass is 9.96. The zero-order valence-electron chi connectivity index (χ0n) is 15.5. The smallest absolute Gasteiger partial charge is 0.308 e. The highest BCUT2D eigenvalue weighted by Gasteiger charge is 2.17. The Hall–Kier alpha value is -0.530. The Labute approximate surface area is 139 Å². The van der Waals surface area contributed by atoms with Gasteiger partial charge in [0, 0.05) is 0 Å². The van der Waals surface area contributed by atoms with Crippen molar-refractivity contribution < 1.29 is 9.53 Å². The molecule has 0 fully saturated rings. The summed E-state index contributed by atoms with van der Waals surface area (Å²) < 4.78 is 4.88. The molecule has 22 heavy (non-hydrogen) atoms. The monoisotopic (exact) mass is 312 g/mol. The second-order valence-electron chi connectivity index (χ2n) is 6.69. The molecule has 0 rings (SSSR count). The molecule has 0 radical (unpaired) electrons. The first-order valence-electron chi connectivity index (χ1n) is 9.84. The van der Waals surface area contributed by atoms with E-state index in [-0.39, 0.29) is 11.9 Å². The number of carbonyl (C=O) groups excluding carboxylic acids is 1. The van der Waals surface area contributed by atoms with E-state index in [4.69, 9.17) is 4.74 Å². The van der Waals surface area contributed by atoms with Gasteiger partial charge in [0.1, 0.15) is 0 Å². The molecule has 0 aromatic heterocycles. The zero-order valence-corrected chi connectivity index (χ0v) is 15.5. The Morgan fingerprint density at radius 1 is 0.682 bits per heavy atom. The Kier molecular flexibility index (Phi) is 16.4. The summed E-state index contributed by atoms with van der Waals surface area (Å²) in [6.45, 7) is 4.41. The van der Waals surface area contributed by atoms with Crippen LogP contribution < -0.4 is 0 Å². The molecule has 0 aromatic carbocycles. The first kappa shape index (κ1) is 21.5. The van der Waals surface area contributed by atoms with Crippen molar-refractivity contribution in [3.63, 3.8) is 0 Å². The van der Waals surface area contributed by atoms with E-state index in [2.05, 4.69) is 13.8 Å². The van der Waals surface area contributed by atoms with Crippen LogP contribution in [0.25, 0.3) is 0 Å². The molecule has 0 heterocycles. The molecule has 0 saturated carbocycles. The maximum atomic E-state index is 11.6. The first-order chi connectivity index (χ1) is 10.8. The van der Waals surface area contributed by atoms with Gasteiger partial charge in [0.25, 0.3) is 0 Å². The van der Waals surface area contributed by atoms with Crippen LogP contribution in [0, 0.1) is 5.92 Å². The molecule has 0 N–H and O–H groups in total. The average molecular weight is 313 g/mol. The molecule has 2 heteroatoms. The van der Waals surface area contributed by atoms with Gasteiger partial charge in [-0.05, 0) is 12.8 Å². The maximum Gasteiger partial charge on any atom is 0.308 e. The Balaban J connectivity index is 3.33. The van der Waals surface area contributed by atoms with E-state index in [1.165, 1.54) is 84.2 Å². The van der Waals surface area contributed by atoms with Gasteiger partial charge < -0.3 is 4.74 Å². The summed E-state index contributed by atoms with van der Waals surface area (Å²) in [7, 11) is 1.51. The van der Waals surface area contributed by atoms with E-state index in [1.54, 1.807) is 0 Å². The van der Waals surface area contributed by atoms with Gasteiger partial charge in [-0.3, -0.25) is 4.79 Å². The van der Waals surface area contributed by atoms with Crippen molar-refractivity contribution >= 4 is 5.97 Å². The molecular weight excluding hydrogens is 272 g/mol. The number of hydrogen-bond donors (Lipinski definition) is 0. The molecule has 0 bridgehead atoms. The fourth-order valence-corrected chi connectivity index (χ4v) is 3.13. The number of carbonyl (C=O) groups is 1. The Morgan fingerprint density at radius 3 is 1.55 bits per heavy atom. The third kappa shape index (κ3) is 13.2. The lowest BCUT2D eigenvalue weighted by Gasteiger charge is -2.13. The number of hydrogen-bond acceptors (Lipinski definition) is 2. The Morgan fingerprint density at radius 2 is 1.14 bits per heavy atom. The molecule has 0 aliphatic carbocycles. The van der Waals surface area contributed by atoms with Gasteiger partial charge in [-0.25, -0.2) is 0 Å². The van der Waals surface area contributed by atoms with Crippen molar-refractivity contribution in [1.82, 2.24) is 0 Å². The third-order valence-electron chi connectivity index (χ3n) is 4.58. The quantitative estimate of drug-likeness (QED) is 0.235. The summed E-state index contributed by atoms with van der Waals surface area (Å²) in [6, 6.07) is 0. The first-order valence-corrected chi connectivity index (χ1v) is 9.84. The molecule has 0 aliphatic rings. The van der Waals surface area contributed by atoms with Crippen LogP contribution >= 0.6 is 0 Å². The Bertz CT molecular complexity index is 238. The number of esters is 1. The normalized spacial score (nSPS) is 12.3. The molecule has 1 atom stereocenters. The van der Waals surface area contributed by atoms with E-state index in [0.717, 1.165) is 19.3 Å². The van der Waals surface area contributed by atoms with Gasteiger partial charge in [0.2, 0.25) is 0 Å². The molecular formula is C20H40O2. The van der Waals surface area contributed by atoms with Gasteiger partial charge in [-0.2, -0.15) is 0 Å². The fraction of sp³-hybridized carbons (Fsp3) is 0.950. The minimum atomic E-state index is -0.00933. The summed E-state index contributed by atoms with van der Waals surface area (Å²) >= 11 is 0. The number of rotatable bonds is 16. The van der Waals surface area contributed by atoms with Crippen molar-refractivity contribution in [3.05, 3.63) is 0 Å². The van der Waals surface area contributed by atoms with Crippen LogP contribution in [0.3, 0.4) is 0 Å². The highest BCUT2D eigenvalue weighted by atomic mass is 16.5. The zero-order chi connectivity index (χ0) is 16.5.